The van der Waals surface area contributed by atoms with Crippen molar-refractivity contribution in [3.8, 4) is 0 Å². The molecule has 0 saturated heterocycles. The van der Waals surface area contributed by atoms with Crippen LogP contribution >= 0.6 is 11.3 Å². The Bertz CT molecular complexity index is 1050. The van der Waals surface area contributed by atoms with Gasteiger partial charge in [-0.25, -0.2) is 4.99 Å². The average molecular weight is 403 g/mol. The van der Waals surface area contributed by atoms with E-state index in [1.165, 1.54) is 10.4 Å². The van der Waals surface area contributed by atoms with Gasteiger partial charge in [0.15, 0.2) is 0 Å². The van der Waals surface area contributed by atoms with Gasteiger partial charge in [-0.05, 0) is 61.3 Å². The van der Waals surface area contributed by atoms with Gasteiger partial charge in [0.25, 0.3) is 5.91 Å². The third-order valence-corrected chi connectivity index (χ3v) is 6.73. The third kappa shape index (κ3) is 4.18. The number of hydrogen-bond acceptors (Lipinski definition) is 3. The number of anilines is 1. The molecule has 1 heterocycles. The SMILES string of the molecule is Cc1cccc(C)c1NC(=O)c1c(/N=C/c2ccccc2)sc2c1CCC(C)C2. The van der Waals surface area contributed by atoms with Gasteiger partial charge in [-0.1, -0.05) is 55.5 Å². The van der Waals surface area contributed by atoms with Gasteiger partial charge in [-0.3, -0.25) is 4.79 Å². The lowest BCUT2D eigenvalue weighted by Crippen LogP contribution is -2.17. The highest BCUT2D eigenvalue weighted by atomic mass is 32.1. The first kappa shape index (κ1) is 19.6. The van der Waals surface area contributed by atoms with Crippen LogP contribution in [0.3, 0.4) is 0 Å². The standard InChI is InChI=1S/C25H26N2OS/c1-16-12-13-20-21(14-16)29-25(26-15-19-10-5-4-6-11-19)22(20)24(28)27-23-17(2)8-7-9-18(23)3/h4-11,15-16H,12-14H2,1-3H3,(H,27,28)/b26-15+. The predicted octanol–water partition coefficient (Wildman–Crippen LogP) is 6.49. The van der Waals surface area contributed by atoms with Crippen LogP contribution in [0, 0.1) is 19.8 Å². The number of benzene rings is 2. The van der Waals surface area contributed by atoms with Crippen LogP contribution in [-0.4, -0.2) is 12.1 Å². The molecule has 0 radical (unpaired) electrons. The van der Waals surface area contributed by atoms with Gasteiger partial charge in [-0.15, -0.1) is 11.3 Å². The fraction of sp³-hybridized carbons (Fsp3) is 0.280. The summed E-state index contributed by atoms with van der Waals surface area (Å²) in [7, 11) is 0. The van der Waals surface area contributed by atoms with Crippen molar-refractivity contribution in [3.63, 3.8) is 0 Å². The molecule has 0 bridgehead atoms. The number of nitrogens with one attached hydrogen (secondary N) is 1. The number of thiophene rings is 1. The first-order valence-electron chi connectivity index (χ1n) is 10.1. The zero-order valence-electron chi connectivity index (χ0n) is 17.2. The van der Waals surface area contributed by atoms with Crippen LogP contribution in [0.1, 0.15) is 50.8 Å². The van der Waals surface area contributed by atoms with Gasteiger partial charge < -0.3 is 5.32 Å². The molecule has 0 saturated carbocycles. The van der Waals surface area contributed by atoms with E-state index in [4.69, 9.17) is 4.99 Å². The predicted molar refractivity (Wildman–Crippen MR) is 123 cm³/mol. The molecule has 1 aliphatic carbocycles. The molecule has 1 amide bonds. The van der Waals surface area contributed by atoms with E-state index in [0.717, 1.165) is 52.2 Å². The summed E-state index contributed by atoms with van der Waals surface area (Å²) in [4.78, 5) is 19.4. The molecular formula is C25H26N2OS. The summed E-state index contributed by atoms with van der Waals surface area (Å²) in [5, 5.41) is 3.99. The number of carbonyl (C=O) groups excluding carboxylic acids is 1. The number of amides is 1. The molecule has 148 valence electrons. The van der Waals surface area contributed by atoms with Crippen LogP contribution in [0.25, 0.3) is 0 Å². The lowest BCUT2D eigenvalue weighted by atomic mass is 9.88. The Hall–Kier alpha value is -2.72. The van der Waals surface area contributed by atoms with E-state index in [2.05, 4.69) is 12.2 Å². The fourth-order valence-corrected chi connectivity index (χ4v) is 5.27. The molecule has 0 spiro atoms. The van der Waals surface area contributed by atoms with Crippen molar-refractivity contribution in [2.75, 3.05) is 5.32 Å². The van der Waals surface area contributed by atoms with Crippen molar-refractivity contribution in [2.45, 2.75) is 40.0 Å². The van der Waals surface area contributed by atoms with Crippen LogP contribution in [0.5, 0.6) is 0 Å². The molecule has 1 unspecified atom stereocenters. The lowest BCUT2D eigenvalue weighted by Gasteiger charge is -2.19. The van der Waals surface area contributed by atoms with Crippen LogP contribution in [0.4, 0.5) is 10.7 Å². The van der Waals surface area contributed by atoms with E-state index in [-0.39, 0.29) is 5.91 Å². The number of para-hydroxylation sites is 1. The molecule has 1 aliphatic rings. The molecule has 3 nitrogen and oxygen atoms in total. The maximum Gasteiger partial charge on any atom is 0.259 e. The van der Waals surface area contributed by atoms with Crippen molar-refractivity contribution in [3.05, 3.63) is 81.2 Å². The summed E-state index contributed by atoms with van der Waals surface area (Å²) in [6.07, 6.45) is 4.96. The topological polar surface area (TPSA) is 41.5 Å². The summed E-state index contributed by atoms with van der Waals surface area (Å²) in [6, 6.07) is 16.1. The van der Waals surface area contributed by atoms with E-state index in [1.807, 2.05) is 68.6 Å². The number of rotatable bonds is 4. The molecule has 29 heavy (non-hydrogen) atoms. The van der Waals surface area contributed by atoms with Crippen molar-refractivity contribution in [2.24, 2.45) is 10.9 Å². The highest BCUT2D eigenvalue weighted by Gasteiger charge is 2.27. The van der Waals surface area contributed by atoms with E-state index in [0.29, 0.717) is 5.92 Å². The summed E-state index contributed by atoms with van der Waals surface area (Å²) >= 11 is 1.67. The molecule has 0 aliphatic heterocycles. The second kappa shape index (κ2) is 8.34. The molecule has 1 aromatic heterocycles. The Morgan fingerprint density at radius 3 is 2.55 bits per heavy atom. The maximum absolute atomic E-state index is 13.4. The highest BCUT2D eigenvalue weighted by molar-refractivity contribution is 7.16. The molecule has 3 aromatic rings. The van der Waals surface area contributed by atoms with Crippen LogP contribution in [0.2, 0.25) is 0 Å². The molecular weight excluding hydrogens is 376 g/mol. The van der Waals surface area contributed by atoms with Gasteiger partial charge in [0.2, 0.25) is 0 Å². The number of aliphatic imine (C=N–C) groups is 1. The van der Waals surface area contributed by atoms with Gasteiger partial charge in [0.1, 0.15) is 5.00 Å². The second-order valence-electron chi connectivity index (χ2n) is 7.92. The van der Waals surface area contributed by atoms with Gasteiger partial charge in [0, 0.05) is 16.8 Å². The van der Waals surface area contributed by atoms with E-state index < -0.39 is 0 Å². The van der Waals surface area contributed by atoms with E-state index in [1.54, 1.807) is 11.3 Å². The zero-order chi connectivity index (χ0) is 20.4. The summed E-state index contributed by atoms with van der Waals surface area (Å²) in [5.41, 5.74) is 6.03. The minimum atomic E-state index is -0.0466. The zero-order valence-corrected chi connectivity index (χ0v) is 18.0. The van der Waals surface area contributed by atoms with Gasteiger partial charge in [-0.2, -0.15) is 0 Å². The Kier molecular flexibility index (Phi) is 5.63. The number of aryl methyl sites for hydroxylation is 2. The minimum Gasteiger partial charge on any atom is -0.321 e. The minimum absolute atomic E-state index is 0.0466. The molecule has 1 N–H and O–H groups in total. The Labute approximate surface area is 176 Å². The molecule has 0 fully saturated rings. The summed E-state index contributed by atoms with van der Waals surface area (Å²) < 4.78 is 0. The van der Waals surface area contributed by atoms with Crippen LogP contribution < -0.4 is 5.32 Å². The number of hydrogen-bond donors (Lipinski definition) is 1. The first-order chi connectivity index (χ1) is 14.0. The molecule has 2 aromatic carbocycles. The lowest BCUT2D eigenvalue weighted by molar-refractivity contribution is 0.102. The Morgan fingerprint density at radius 2 is 1.83 bits per heavy atom. The van der Waals surface area contributed by atoms with Crippen molar-refractivity contribution in [1.82, 2.24) is 0 Å². The smallest absolute Gasteiger partial charge is 0.259 e. The van der Waals surface area contributed by atoms with Gasteiger partial charge >= 0.3 is 0 Å². The van der Waals surface area contributed by atoms with E-state index >= 15 is 0 Å². The largest absolute Gasteiger partial charge is 0.321 e. The quantitative estimate of drug-likeness (QED) is 0.498. The average Bonchev–Trinajstić information content (AvgIpc) is 3.07. The fourth-order valence-electron chi connectivity index (χ4n) is 3.92. The monoisotopic (exact) mass is 402 g/mol. The van der Waals surface area contributed by atoms with Crippen LogP contribution in [-0.2, 0) is 12.8 Å². The van der Waals surface area contributed by atoms with Crippen molar-refractivity contribution >= 4 is 34.1 Å². The highest BCUT2D eigenvalue weighted by Crippen LogP contribution is 2.41. The normalized spacial score (nSPS) is 16.0. The maximum atomic E-state index is 13.4. The van der Waals surface area contributed by atoms with Gasteiger partial charge in [0.05, 0.1) is 5.56 Å². The Balaban J connectivity index is 1.72. The number of nitrogens with zero attached hydrogens (tertiary/aromatic N) is 1. The number of carbonyl (C=O) groups is 1. The van der Waals surface area contributed by atoms with E-state index in [9.17, 15) is 4.79 Å². The van der Waals surface area contributed by atoms with Crippen molar-refractivity contribution < 1.29 is 4.79 Å². The third-order valence-electron chi connectivity index (χ3n) is 5.57. The molecule has 4 heteroatoms. The second-order valence-corrected chi connectivity index (χ2v) is 9.01. The first-order valence-corrected chi connectivity index (χ1v) is 11.0. The Morgan fingerprint density at radius 1 is 1.10 bits per heavy atom. The number of fused-ring (bicyclic) bond motifs is 1. The molecule has 4 rings (SSSR count). The van der Waals surface area contributed by atoms with Crippen LogP contribution in [0.15, 0.2) is 53.5 Å². The summed E-state index contributed by atoms with van der Waals surface area (Å²) in [5.74, 6) is 0.608. The summed E-state index contributed by atoms with van der Waals surface area (Å²) in [6.45, 7) is 6.34. The van der Waals surface area contributed by atoms with Crippen molar-refractivity contribution in [1.29, 1.82) is 0 Å². The molecule has 1 atom stereocenters.